The first kappa shape index (κ1) is 14.3. The van der Waals surface area contributed by atoms with Gasteiger partial charge >= 0.3 is 12.3 Å². The summed E-state index contributed by atoms with van der Waals surface area (Å²) in [6.07, 6.45) is -5.10. The topological polar surface area (TPSA) is 29.5 Å². The summed E-state index contributed by atoms with van der Waals surface area (Å²) in [6.45, 7) is 4.40. The molecule has 1 amide bonds. The van der Waals surface area contributed by atoms with Crippen LogP contribution in [0.5, 0.6) is 5.75 Å². The third-order valence-electron chi connectivity index (χ3n) is 2.39. The second-order valence-corrected chi connectivity index (χ2v) is 3.57. The minimum absolute atomic E-state index is 0.110. The van der Waals surface area contributed by atoms with E-state index in [2.05, 4.69) is 0 Å². The predicted octanol–water partition coefficient (Wildman–Crippen LogP) is 3.55. The molecule has 1 aromatic rings. The van der Waals surface area contributed by atoms with Gasteiger partial charge in [-0.05, 0) is 32.0 Å². The predicted molar refractivity (Wildman–Crippen MR) is 60.4 cm³/mol. The summed E-state index contributed by atoms with van der Waals surface area (Å²) in [5, 5.41) is 0. The summed E-state index contributed by atoms with van der Waals surface area (Å²) in [5.74, 6) is -0.110. The van der Waals surface area contributed by atoms with Crippen molar-refractivity contribution in [2.24, 2.45) is 0 Å². The molecular weight excluding hydrogens is 247 g/mol. The van der Waals surface area contributed by atoms with Crippen LogP contribution in [-0.2, 0) is 6.18 Å². The lowest BCUT2D eigenvalue weighted by Crippen LogP contribution is -2.33. The zero-order valence-electron chi connectivity index (χ0n) is 10.1. The lowest BCUT2D eigenvalue weighted by molar-refractivity contribution is -0.137. The van der Waals surface area contributed by atoms with Crippen molar-refractivity contribution in [2.45, 2.75) is 20.0 Å². The zero-order valence-corrected chi connectivity index (χ0v) is 10.1. The van der Waals surface area contributed by atoms with Crippen LogP contribution in [0.15, 0.2) is 24.3 Å². The maximum Gasteiger partial charge on any atom is 0.416 e. The summed E-state index contributed by atoms with van der Waals surface area (Å²) in [4.78, 5) is 12.9. The van der Waals surface area contributed by atoms with E-state index >= 15 is 0 Å². The maximum absolute atomic E-state index is 12.4. The van der Waals surface area contributed by atoms with Gasteiger partial charge in [0, 0.05) is 13.1 Å². The fourth-order valence-electron chi connectivity index (χ4n) is 1.38. The van der Waals surface area contributed by atoms with Gasteiger partial charge in [-0.3, -0.25) is 0 Å². The average molecular weight is 261 g/mol. The van der Waals surface area contributed by atoms with Crippen LogP contribution in [0.1, 0.15) is 19.4 Å². The molecule has 0 N–H and O–H groups in total. The van der Waals surface area contributed by atoms with Gasteiger partial charge in [0.25, 0.3) is 0 Å². The second-order valence-electron chi connectivity index (χ2n) is 3.57. The Hall–Kier alpha value is -1.72. The van der Waals surface area contributed by atoms with E-state index in [1.165, 1.54) is 17.0 Å². The molecule has 18 heavy (non-hydrogen) atoms. The van der Waals surface area contributed by atoms with Crippen LogP contribution in [0.2, 0.25) is 0 Å². The van der Waals surface area contributed by atoms with E-state index in [1.807, 2.05) is 0 Å². The highest BCUT2D eigenvalue weighted by Gasteiger charge is 2.30. The number of alkyl halides is 3. The number of hydrogen-bond acceptors (Lipinski definition) is 2. The van der Waals surface area contributed by atoms with Crippen LogP contribution in [-0.4, -0.2) is 24.1 Å². The molecular formula is C12H14F3NO2. The maximum atomic E-state index is 12.4. The lowest BCUT2D eigenvalue weighted by Gasteiger charge is -2.18. The van der Waals surface area contributed by atoms with Crippen molar-refractivity contribution in [1.82, 2.24) is 4.90 Å². The molecule has 0 saturated heterocycles. The van der Waals surface area contributed by atoms with Gasteiger partial charge in [-0.25, -0.2) is 4.79 Å². The Morgan fingerprint density at radius 1 is 1.28 bits per heavy atom. The monoisotopic (exact) mass is 261 g/mol. The molecule has 6 heteroatoms. The van der Waals surface area contributed by atoms with E-state index < -0.39 is 17.8 Å². The van der Waals surface area contributed by atoms with Crippen LogP contribution >= 0.6 is 0 Å². The van der Waals surface area contributed by atoms with Gasteiger partial charge in [-0.15, -0.1) is 0 Å². The smallest absolute Gasteiger partial charge is 0.410 e. The van der Waals surface area contributed by atoms with Crippen molar-refractivity contribution >= 4 is 6.09 Å². The molecule has 0 unspecified atom stereocenters. The molecule has 1 rings (SSSR count). The SMILES string of the molecule is CCN(CC)C(=O)Oc1cccc(C(F)(F)F)c1. The van der Waals surface area contributed by atoms with Crippen LogP contribution in [0.25, 0.3) is 0 Å². The minimum atomic E-state index is -4.45. The Labute approximate surface area is 103 Å². The standard InChI is InChI=1S/C12H14F3NO2/c1-3-16(4-2)11(17)18-10-7-5-6-9(8-10)12(13,14)15/h5-8H,3-4H2,1-2H3. The molecule has 0 bridgehead atoms. The number of carbonyl (C=O) groups excluding carboxylic acids is 1. The molecule has 0 heterocycles. The molecule has 0 radical (unpaired) electrons. The number of carbonyl (C=O) groups is 1. The molecule has 0 spiro atoms. The average Bonchev–Trinajstić information content (AvgIpc) is 2.29. The van der Waals surface area contributed by atoms with Crippen LogP contribution in [0.3, 0.4) is 0 Å². The molecule has 100 valence electrons. The minimum Gasteiger partial charge on any atom is -0.410 e. The van der Waals surface area contributed by atoms with Crippen molar-refractivity contribution in [3.63, 3.8) is 0 Å². The highest BCUT2D eigenvalue weighted by molar-refractivity contribution is 5.70. The molecule has 3 nitrogen and oxygen atoms in total. The van der Waals surface area contributed by atoms with Gasteiger partial charge in [-0.1, -0.05) is 6.07 Å². The first-order valence-corrected chi connectivity index (χ1v) is 5.52. The molecule has 0 aromatic heterocycles. The fraction of sp³-hybridized carbons (Fsp3) is 0.417. The normalized spacial score (nSPS) is 11.2. The number of ether oxygens (including phenoxy) is 1. The fourth-order valence-corrected chi connectivity index (χ4v) is 1.38. The Balaban J connectivity index is 2.83. The van der Waals surface area contributed by atoms with Crippen molar-refractivity contribution < 1.29 is 22.7 Å². The van der Waals surface area contributed by atoms with E-state index in [0.29, 0.717) is 13.1 Å². The Morgan fingerprint density at radius 2 is 1.89 bits per heavy atom. The van der Waals surface area contributed by atoms with Crippen molar-refractivity contribution in [2.75, 3.05) is 13.1 Å². The summed E-state index contributed by atoms with van der Waals surface area (Å²) in [5.41, 5.74) is -0.840. The van der Waals surface area contributed by atoms with Crippen LogP contribution < -0.4 is 4.74 Å². The van der Waals surface area contributed by atoms with E-state index in [0.717, 1.165) is 12.1 Å². The molecule has 1 aromatic carbocycles. The number of amides is 1. The van der Waals surface area contributed by atoms with E-state index in [9.17, 15) is 18.0 Å². The Kier molecular flexibility index (Phi) is 4.58. The third kappa shape index (κ3) is 3.65. The highest BCUT2D eigenvalue weighted by atomic mass is 19.4. The number of benzene rings is 1. The van der Waals surface area contributed by atoms with Crippen molar-refractivity contribution in [1.29, 1.82) is 0 Å². The number of rotatable bonds is 3. The molecule has 0 aliphatic rings. The van der Waals surface area contributed by atoms with Crippen LogP contribution in [0.4, 0.5) is 18.0 Å². The molecule has 0 fully saturated rings. The number of halogens is 3. The largest absolute Gasteiger partial charge is 0.416 e. The summed E-state index contributed by atoms with van der Waals surface area (Å²) < 4.78 is 42.2. The van der Waals surface area contributed by atoms with Crippen LogP contribution in [0, 0.1) is 0 Å². The van der Waals surface area contributed by atoms with Crippen molar-refractivity contribution in [3.05, 3.63) is 29.8 Å². The molecule has 0 aliphatic heterocycles. The highest BCUT2D eigenvalue weighted by Crippen LogP contribution is 2.31. The zero-order chi connectivity index (χ0) is 13.8. The van der Waals surface area contributed by atoms with E-state index in [-0.39, 0.29) is 5.75 Å². The van der Waals surface area contributed by atoms with Gasteiger partial charge in [-0.2, -0.15) is 13.2 Å². The van der Waals surface area contributed by atoms with Gasteiger partial charge < -0.3 is 9.64 Å². The first-order valence-electron chi connectivity index (χ1n) is 5.52. The van der Waals surface area contributed by atoms with Crippen molar-refractivity contribution in [3.8, 4) is 5.75 Å². The van der Waals surface area contributed by atoms with Gasteiger partial charge in [0.2, 0.25) is 0 Å². The Bertz CT molecular complexity index is 414. The Morgan fingerprint density at radius 3 is 2.39 bits per heavy atom. The van der Waals surface area contributed by atoms with E-state index in [4.69, 9.17) is 4.74 Å². The number of nitrogens with zero attached hydrogens (tertiary/aromatic N) is 1. The third-order valence-corrected chi connectivity index (χ3v) is 2.39. The van der Waals surface area contributed by atoms with Gasteiger partial charge in [0.1, 0.15) is 5.75 Å². The summed E-state index contributed by atoms with van der Waals surface area (Å²) in [7, 11) is 0. The molecule has 0 atom stereocenters. The molecule has 0 aliphatic carbocycles. The van der Waals surface area contributed by atoms with Gasteiger partial charge in [0.15, 0.2) is 0 Å². The number of hydrogen-bond donors (Lipinski definition) is 0. The first-order chi connectivity index (χ1) is 8.38. The summed E-state index contributed by atoms with van der Waals surface area (Å²) >= 11 is 0. The lowest BCUT2D eigenvalue weighted by atomic mass is 10.2. The van der Waals surface area contributed by atoms with E-state index in [1.54, 1.807) is 13.8 Å². The second kappa shape index (κ2) is 5.75. The van der Waals surface area contributed by atoms with Gasteiger partial charge in [0.05, 0.1) is 5.56 Å². The quantitative estimate of drug-likeness (QED) is 0.832. The summed E-state index contributed by atoms with van der Waals surface area (Å²) in [6, 6.07) is 4.25. The molecule has 0 saturated carbocycles.